The lowest BCUT2D eigenvalue weighted by atomic mass is 9.85. The number of sulfonamides is 1. The van der Waals surface area contributed by atoms with E-state index in [1.807, 2.05) is 0 Å². The molecule has 0 bridgehead atoms. The quantitative estimate of drug-likeness (QED) is 0.800. The first-order chi connectivity index (χ1) is 9.03. The Bertz CT molecular complexity index is 414. The van der Waals surface area contributed by atoms with Gasteiger partial charge in [0.25, 0.3) is 0 Å². The number of carbonyl (C=O) groups excluding carboxylic acids is 1. The molecule has 0 radical (unpaired) electrons. The lowest BCUT2D eigenvalue weighted by Crippen LogP contribution is -2.35. The molecule has 1 amide bonds. The van der Waals surface area contributed by atoms with Crippen molar-refractivity contribution < 1.29 is 17.9 Å². The predicted octanol–water partition coefficient (Wildman–Crippen LogP) is 1.30. The van der Waals surface area contributed by atoms with E-state index < -0.39 is 10.0 Å². The molecule has 110 valence electrons. The fourth-order valence-corrected chi connectivity index (χ4v) is 4.02. The highest BCUT2D eigenvalue weighted by atomic mass is 32.2. The lowest BCUT2D eigenvalue weighted by Gasteiger charge is -2.21. The number of carbonyl (C=O) groups is 1. The van der Waals surface area contributed by atoms with Gasteiger partial charge in [-0.2, -0.15) is 0 Å². The molecule has 2 rings (SSSR count). The van der Waals surface area contributed by atoms with Crippen molar-refractivity contribution in [3.63, 3.8) is 0 Å². The maximum atomic E-state index is 11.9. The van der Waals surface area contributed by atoms with Gasteiger partial charge in [-0.1, -0.05) is 32.1 Å². The summed E-state index contributed by atoms with van der Waals surface area (Å²) in [7, 11) is -2.08. The molecule has 0 spiro atoms. The summed E-state index contributed by atoms with van der Waals surface area (Å²) < 4.78 is 30.1. The minimum Gasteiger partial charge on any atom is -0.384 e. The zero-order chi connectivity index (χ0) is 13.9. The van der Waals surface area contributed by atoms with Crippen molar-refractivity contribution in [2.24, 2.45) is 17.8 Å². The van der Waals surface area contributed by atoms with Gasteiger partial charge in [-0.3, -0.25) is 9.52 Å². The minimum atomic E-state index is -3.53. The van der Waals surface area contributed by atoms with Gasteiger partial charge in [0.1, 0.15) is 0 Å². The summed E-state index contributed by atoms with van der Waals surface area (Å²) >= 11 is 0. The summed E-state index contributed by atoms with van der Waals surface area (Å²) in [5.74, 6) is 0.493. The number of nitrogens with one attached hydrogen (secondary N) is 1. The molecule has 0 aromatic heterocycles. The molecule has 2 atom stereocenters. The van der Waals surface area contributed by atoms with Crippen molar-refractivity contribution in [3.05, 3.63) is 0 Å². The van der Waals surface area contributed by atoms with E-state index in [4.69, 9.17) is 4.74 Å². The molecule has 0 aliphatic heterocycles. The van der Waals surface area contributed by atoms with E-state index in [0.717, 1.165) is 6.42 Å². The summed E-state index contributed by atoms with van der Waals surface area (Å²) in [4.78, 5) is 11.9. The summed E-state index contributed by atoms with van der Waals surface area (Å²) in [5, 5.41) is 0. The van der Waals surface area contributed by atoms with Gasteiger partial charge in [-0.15, -0.1) is 0 Å². The monoisotopic (exact) mass is 289 g/mol. The highest BCUT2D eigenvalue weighted by Gasteiger charge is 2.48. The van der Waals surface area contributed by atoms with E-state index in [0.29, 0.717) is 11.8 Å². The van der Waals surface area contributed by atoms with Gasteiger partial charge in [-0.25, -0.2) is 8.42 Å². The topological polar surface area (TPSA) is 72.5 Å². The van der Waals surface area contributed by atoms with Gasteiger partial charge in [0.05, 0.1) is 12.4 Å². The molecule has 2 aliphatic carbocycles. The van der Waals surface area contributed by atoms with Gasteiger partial charge in [0, 0.05) is 13.0 Å². The third-order valence-electron chi connectivity index (χ3n) is 4.24. The van der Waals surface area contributed by atoms with E-state index >= 15 is 0 Å². The minimum absolute atomic E-state index is 0.0829. The number of rotatable bonds is 6. The average molecular weight is 289 g/mol. The molecule has 2 fully saturated rings. The van der Waals surface area contributed by atoms with E-state index in [1.54, 1.807) is 0 Å². The number of ether oxygens (including phenoxy) is 1. The molecule has 0 heterocycles. The van der Waals surface area contributed by atoms with Crippen LogP contribution < -0.4 is 4.72 Å². The molecule has 0 aromatic rings. The molecule has 5 nitrogen and oxygen atoms in total. The molecule has 1 N–H and O–H groups in total. The molecular weight excluding hydrogens is 266 g/mol. The summed E-state index contributed by atoms with van der Waals surface area (Å²) in [6.45, 7) is 0.110. The molecule has 19 heavy (non-hydrogen) atoms. The average Bonchev–Trinajstić information content (AvgIpc) is 3.17. The summed E-state index contributed by atoms with van der Waals surface area (Å²) in [5.41, 5.74) is 0. The van der Waals surface area contributed by atoms with Crippen LogP contribution in [0.3, 0.4) is 0 Å². The van der Waals surface area contributed by atoms with Crippen LogP contribution in [0.5, 0.6) is 0 Å². The van der Waals surface area contributed by atoms with Gasteiger partial charge in [-0.05, 0) is 18.3 Å². The van der Waals surface area contributed by atoms with E-state index in [2.05, 4.69) is 4.72 Å². The summed E-state index contributed by atoms with van der Waals surface area (Å²) in [6, 6.07) is 0. The maximum Gasteiger partial charge on any atom is 0.237 e. The van der Waals surface area contributed by atoms with Crippen LogP contribution in [0.15, 0.2) is 0 Å². The van der Waals surface area contributed by atoms with E-state index in [9.17, 15) is 13.2 Å². The van der Waals surface area contributed by atoms with Crippen LogP contribution in [0, 0.1) is 17.8 Å². The zero-order valence-electron chi connectivity index (χ0n) is 11.4. The van der Waals surface area contributed by atoms with Gasteiger partial charge in [0.15, 0.2) is 0 Å². The van der Waals surface area contributed by atoms with E-state index in [1.165, 1.54) is 39.2 Å². The molecule has 2 saturated carbocycles. The first-order valence-electron chi connectivity index (χ1n) is 7.07. The Labute approximate surface area is 115 Å². The van der Waals surface area contributed by atoms with Gasteiger partial charge < -0.3 is 4.74 Å². The maximum absolute atomic E-state index is 11.9. The van der Waals surface area contributed by atoms with Crippen LogP contribution in [0.4, 0.5) is 0 Å². The Morgan fingerprint density at radius 3 is 2.58 bits per heavy atom. The second-order valence-electron chi connectivity index (χ2n) is 5.68. The van der Waals surface area contributed by atoms with Crippen molar-refractivity contribution >= 4 is 15.9 Å². The molecule has 0 saturated heterocycles. The van der Waals surface area contributed by atoms with Crippen molar-refractivity contribution in [3.8, 4) is 0 Å². The molecule has 6 heteroatoms. The van der Waals surface area contributed by atoms with Crippen molar-refractivity contribution in [1.82, 2.24) is 4.72 Å². The van der Waals surface area contributed by atoms with E-state index in [-0.39, 0.29) is 24.2 Å². The highest BCUT2D eigenvalue weighted by Crippen LogP contribution is 2.49. The SMILES string of the molecule is COCCS(=O)(=O)NC(=O)C1CC1C1CCCCC1. The molecular formula is C13H23NO4S. The summed E-state index contributed by atoms with van der Waals surface area (Å²) in [6.07, 6.45) is 7.06. The van der Waals surface area contributed by atoms with Gasteiger partial charge in [0.2, 0.25) is 15.9 Å². The fourth-order valence-electron chi connectivity index (χ4n) is 3.07. The number of methoxy groups -OCH3 is 1. The van der Waals surface area contributed by atoms with Crippen LogP contribution in [0.25, 0.3) is 0 Å². The van der Waals surface area contributed by atoms with Crippen molar-refractivity contribution in [2.45, 2.75) is 38.5 Å². The Kier molecular flexibility index (Phi) is 4.84. The van der Waals surface area contributed by atoms with Gasteiger partial charge >= 0.3 is 0 Å². The second kappa shape index (κ2) is 6.22. The largest absolute Gasteiger partial charge is 0.384 e. The first-order valence-corrected chi connectivity index (χ1v) is 8.72. The lowest BCUT2D eigenvalue weighted by molar-refractivity contribution is -0.121. The second-order valence-corrected chi connectivity index (χ2v) is 7.52. The Morgan fingerprint density at radius 1 is 1.26 bits per heavy atom. The Balaban J connectivity index is 1.79. The standard InChI is InChI=1S/C13H23NO4S/c1-18-7-8-19(16,17)14-13(15)12-9-11(12)10-5-3-2-4-6-10/h10-12H,2-9H2,1H3,(H,14,15). The Hall–Kier alpha value is -0.620. The first kappa shape index (κ1) is 14.8. The third-order valence-corrected chi connectivity index (χ3v) is 5.46. The normalized spacial score (nSPS) is 28.1. The smallest absolute Gasteiger partial charge is 0.237 e. The van der Waals surface area contributed by atoms with Crippen LogP contribution in [-0.4, -0.2) is 33.8 Å². The van der Waals surface area contributed by atoms with Crippen LogP contribution in [-0.2, 0) is 19.6 Å². The fraction of sp³-hybridized carbons (Fsp3) is 0.923. The zero-order valence-corrected chi connectivity index (χ0v) is 12.2. The molecule has 0 aromatic carbocycles. The third kappa shape index (κ3) is 4.18. The van der Waals surface area contributed by atoms with Crippen LogP contribution in [0.1, 0.15) is 38.5 Å². The molecule has 2 unspecified atom stereocenters. The Morgan fingerprint density at radius 2 is 1.95 bits per heavy atom. The van der Waals surface area contributed by atoms with Crippen LogP contribution >= 0.6 is 0 Å². The number of amides is 1. The van der Waals surface area contributed by atoms with Crippen LogP contribution in [0.2, 0.25) is 0 Å². The molecule has 2 aliphatic rings. The highest BCUT2D eigenvalue weighted by molar-refractivity contribution is 7.90. The van der Waals surface area contributed by atoms with Crippen molar-refractivity contribution in [1.29, 1.82) is 0 Å². The number of hydrogen-bond donors (Lipinski definition) is 1. The predicted molar refractivity (Wildman–Crippen MR) is 72.0 cm³/mol. The van der Waals surface area contributed by atoms with Crippen molar-refractivity contribution in [2.75, 3.05) is 19.5 Å². The number of hydrogen-bond acceptors (Lipinski definition) is 4.